The molecule has 0 radical (unpaired) electrons. The summed E-state index contributed by atoms with van der Waals surface area (Å²) in [6, 6.07) is 21.6. The minimum atomic E-state index is -0.430. The van der Waals surface area contributed by atoms with E-state index in [1.165, 1.54) is 4.90 Å². The number of amides is 2. The zero-order valence-electron chi connectivity index (χ0n) is 17.9. The molecule has 0 atom stereocenters. The molecule has 2 amide bonds. The van der Waals surface area contributed by atoms with Crippen LogP contribution in [0.15, 0.2) is 78.5 Å². The number of carbonyl (C=O) groups excluding carboxylic acids is 2. The highest BCUT2D eigenvalue weighted by Crippen LogP contribution is 2.35. The van der Waals surface area contributed by atoms with Crippen LogP contribution < -0.4 is 15.0 Å². The predicted octanol–water partition coefficient (Wildman–Crippen LogP) is 5.83. The van der Waals surface area contributed by atoms with Crippen molar-refractivity contribution in [2.45, 2.75) is 20.3 Å². The van der Waals surface area contributed by atoms with Gasteiger partial charge in [0, 0.05) is 16.8 Å². The number of nitrogens with one attached hydrogen (secondary N) is 1. The van der Waals surface area contributed by atoms with Crippen molar-refractivity contribution in [2.75, 3.05) is 16.8 Å². The second kappa shape index (κ2) is 9.28. The first-order chi connectivity index (χ1) is 15.5. The molecule has 0 bridgehead atoms. The zero-order valence-corrected chi connectivity index (χ0v) is 18.6. The van der Waals surface area contributed by atoms with Crippen molar-refractivity contribution in [3.63, 3.8) is 0 Å². The Bertz CT molecular complexity index is 1200. The van der Waals surface area contributed by atoms with Crippen LogP contribution >= 0.6 is 11.6 Å². The van der Waals surface area contributed by atoms with E-state index in [2.05, 4.69) is 5.32 Å². The molecule has 0 unspecified atom stereocenters. The highest BCUT2D eigenvalue weighted by Gasteiger charge is 2.40. The van der Waals surface area contributed by atoms with Crippen LogP contribution in [0.25, 0.3) is 5.57 Å². The van der Waals surface area contributed by atoms with Crippen molar-refractivity contribution in [3.8, 4) is 5.75 Å². The van der Waals surface area contributed by atoms with Crippen LogP contribution in [0, 0.1) is 6.92 Å². The van der Waals surface area contributed by atoms with Crippen LogP contribution in [0.1, 0.15) is 24.5 Å². The minimum absolute atomic E-state index is 0.214. The van der Waals surface area contributed by atoms with Crippen molar-refractivity contribution in [1.29, 1.82) is 0 Å². The summed E-state index contributed by atoms with van der Waals surface area (Å²) in [6.07, 6.45) is 0.860. The van der Waals surface area contributed by atoms with Gasteiger partial charge in [-0.2, -0.15) is 0 Å². The van der Waals surface area contributed by atoms with Gasteiger partial charge in [-0.3, -0.25) is 9.59 Å². The first-order valence-corrected chi connectivity index (χ1v) is 10.8. The molecule has 1 aliphatic heterocycles. The Balaban J connectivity index is 1.78. The number of rotatable bonds is 7. The number of ether oxygens (including phenoxy) is 1. The summed E-state index contributed by atoms with van der Waals surface area (Å²) in [5.41, 5.74) is 3.23. The van der Waals surface area contributed by atoms with E-state index in [-0.39, 0.29) is 5.70 Å². The highest BCUT2D eigenvalue weighted by atomic mass is 35.5. The average molecular weight is 447 g/mol. The lowest BCUT2D eigenvalue weighted by atomic mass is 10.0. The molecule has 3 aromatic rings. The molecule has 5 nitrogen and oxygen atoms in total. The normalized spacial score (nSPS) is 13.7. The van der Waals surface area contributed by atoms with Gasteiger partial charge in [-0.05, 0) is 48.7 Å². The van der Waals surface area contributed by atoms with Crippen LogP contribution in [0.5, 0.6) is 5.75 Å². The molecule has 162 valence electrons. The molecule has 0 fully saturated rings. The Morgan fingerprint density at radius 3 is 2.47 bits per heavy atom. The maximum atomic E-state index is 13.5. The van der Waals surface area contributed by atoms with Crippen molar-refractivity contribution >= 4 is 40.4 Å². The number of nitrogens with zero attached hydrogens (tertiary/aromatic N) is 1. The van der Waals surface area contributed by atoms with Gasteiger partial charge in [-0.15, -0.1) is 0 Å². The van der Waals surface area contributed by atoms with Gasteiger partial charge in [-0.1, -0.05) is 61.0 Å². The standard InChI is InChI=1S/C26H23ClN2O3/c1-3-14-32-21-11-7-10-20(16-21)29-25(30)23(18-8-5-4-6-9-18)24(26(29)31)28-22-15-19(27)13-12-17(22)2/h4-13,15-16,28H,3,14H2,1-2H3. The lowest BCUT2D eigenvalue weighted by Gasteiger charge is -2.17. The van der Waals surface area contributed by atoms with Crippen molar-refractivity contribution in [1.82, 2.24) is 0 Å². The molecule has 6 heteroatoms. The maximum absolute atomic E-state index is 13.5. The summed E-state index contributed by atoms with van der Waals surface area (Å²) in [5, 5.41) is 3.72. The van der Waals surface area contributed by atoms with Gasteiger partial charge in [0.05, 0.1) is 17.9 Å². The first kappa shape index (κ1) is 21.7. The van der Waals surface area contributed by atoms with Crippen molar-refractivity contribution in [3.05, 3.63) is 94.6 Å². The fourth-order valence-corrected chi connectivity index (χ4v) is 3.72. The van der Waals surface area contributed by atoms with Crippen LogP contribution in [0.3, 0.4) is 0 Å². The molecular weight excluding hydrogens is 424 g/mol. The van der Waals surface area contributed by atoms with Crippen molar-refractivity contribution in [2.24, 2.45) is 0 Å². The van der Waals surface area contributed by atoms with Gasteiger partial charge in [0.2, 0.25) is 0 Å². The third-order valence-corrected chi connectivity index (χ3v) is 5.39. The lowest BCUT2D eigenvalue weighted by Crippen LogP contribution is -2.32. The molecule has 1 aliphatic rings. The summed E-state index contributed by atoms with van der Waals surface area (Å²) in [5.74, 6) is -0.213. The molecule has 0 saturated heterocycles. The summed E-state index contributed by atoms with van der Waals surface area (Å²) in [7, 11) is 0. The number of benzene rings is 3. The molecule has 32 heavy (non-hydrogen) atoms. The third kappa shape index (κ3) is 4.25. The Labute approximate surface area is 192 Å². The largest absolute Gasteiger partial charge is 0.494 e. The number of carbonyl (C=O) groups is 2. The zero-order chi connectivity index (χ0) is 22.7. The van der Waals surface area contributed by atoms with E-state index in [9.17, 15) is 9.59 Å². The number of hydrogen-bond acceptors (Lipinski definition) is 4. The summed E-state index contributed by atoms with van der Waals surface area (Å²) >= 11 is 6.17. The van der Waals surface area contributed by atoms with Crippen LogP contribution in [-0.2, 0) is 9.59 Å². The van der Waals surface area contributed by atoms with E-state index in [0.29, 0.717) is 39.9 Å². The van der Waals surface area contributed by atoms with Gasteiger partial charge < -0.3 is 10.1 Å². The Kier molecular flexibility index (Phi) is 6.28. The molecule has 3 aromatic carbocycles. The smallest absolute Gasteiger partial charge is 0.282 e. The van der Waals surface area contributed by atoms with E-state index in [1.54, 1.807) is 30.3 Å². The summed E-state index contributed by atoms with van der Waals surface area (Å²) in [6.45, 7) is 4.48. The van der Waals surface area contributed by atoms with Gasteiger partial charge >= 0.3 is 0 Å². The number of halogens is 1. The van der Waals surface area contributed by atoms with Crippen LogP contribution in [0.2, 0.25) is 5.02 Å². The van der Waals surface area contributed by atoms with Crippen LogP contribution in [-0.4, -0.2) is 18.4 Å². The van der Waals surface area contributed by atoms with E-state index < -0.39 is 11.8 Å². The van der Waals surface area contributed by atoms with Gasteiger partial charge in [0.15, 0.2) is 0 Å². The number of anilines is 2. The maximum Gasteiger partial charge on any atom is 0.282 e. The number of imide groups is 1. The van der Waals surface area contributed by atoms with Gasteiger partial charge in [0.1, 0.15) is 11.4 Å². The topological polar surface area (TPSA) is 58.6 Å². The van der Waals surface area contributed by atoms with E-state index in [0.717, 1.165) is 12.0 Å². The Morgan fingerprint density at radius 2 is 1.72 bits per heavy atom. The molecular formula is C26H23ClN2O3. The van der Waals surface area contributed by atoms with E-state index >= 15 is 0 Å². The molecule has 4 rings (SSSR count). The quantitative estimate of drug-likeness (QED) is 0.463. The first-order valence-electron chi connectivity index (χ1n) is 10.4. The Morgan fingerprint density at radius 1 is 0.938 bits per heavy atom. The minimum Gasteiger partial charge on any atom is -0.494 e. The predicted molar refractivity (Wildman–Crippen MR) is 128 cm³/mol. The second-order valence-electron chi connectivity index (χ2n) is 7.49. The van der Waals surface area contributed by atoms with Gasteiger partial charge in [0.25, 0.3) is 11.8 Å². The fraction of sp³-hybridized carbons (Fsp3) is 0.154. The molecule has 0 aromatic heterocycles. The Hall–Kier alpha value is -3.57. The van der Waals surface area contributed by atoms with Gasteiger partial charge in [-0.25, -0.2) is 4.90 Å². The molecule has 0 spiro atoms. The third-order valence-electron chi connectivity index (χ3n) is 5.15. The summed E-state index contributed by atoms with van der Waals surface area (Å²) in [4.78, 5) is 28.3. The monoisotopic (exact) mass is 446 g/mol. The molecule has 0 aliphatic carbocycles. The fourth-order valence-electron chi connectivity index (χ4n) is 3.55. The number of aryl methyl sites for hydroxylation is 1. The lowest BCUT2D eigenvalue weighted by molar-refractivity contribution is -0.120. The summed E-state index contributed by atoms with van der Waals surface area (Å²) < 4.78 is 5.70. The molecule has 0 saturated carbocycles. The van der Waals surface area contributed by atoms with E-state index in [1.807, 2.05) is 56.3 Å². The van der Waals surface area contributed by atoms with E-state index in [4.69, 9.17) is 16.3 Å². The molecule has 1 N–H and O–H groups in total. The highest BCUT2D eigenvalue weighted by molar-refractivity contribution is 6.46. The SMILES string of the molecule is CCCOc1cccc(N2C(=O)C(Nc3cc(Cl)ccc3C)=C(c3ccccc3)C2=O)c1. The number of hydrogen-bond donors (Lipinski definition) is 1. The molecule has 1 heterocycles. The van der Waals surface area contributed by atoms with Crippen molar-refractivity contribution < 1.29 is 14.3 Å². The van der Waals surface area contributed by atoms with Crippen LogP contribution in [0.4, 0.5) is 11.4 Å². The average Bonchev–Trinajstić information content (AvgIpc) is 3.05. The second-order valence-corrected chi connectivity index (χ2v) is 7.93.